The molecule has 1 aromatic carbocycles. The van der Waals surface area contributed by atoms with Crippen molar-refractivity contribution >= 4 is 23.3 Å². The zero-order chi connectivity index (χ0) is 12.8. The predicted octanol–water partition coefficient (Wildman–Crippen LogP) is 3.52. The van der Waals surface area contributed by atoms with Crippen LogP contribution < -0.4 is 5.73 Å². The molecule has 0 saturated carbocycles. The molecule has 1 aromatic rings. The Bertz CT molecular complexity index is 369. The van der Waals surface area contributed by atoms with E-state index < -0.39 is 0 Å². The highest BCUT2D eigenvalue weighted by molar-refractivity contribution is 6.31. The van der Waals surface area contributed by atoms with Crippen molar-refractivity contribution in [2.24, 2.45) is 5.92 Å². The van der Waals surface area contributed by atoms with Crippen molar-refractivity contribution in [1.82, 2.24) is 0 Å². The molecular formula is C13H18ClNO2. The molecule has 0 aliphatic heterocycles. The van der Waals surface area contributed by atoms with Gasteiger partial charge in [-0.2, -0.15) is 0 Å². The van der Waals surface area contributed by atoms with Crippen molar-refractivity contribution < 1.29 is 9.53 Å². The Morgan fingerprint density at radius 3 is 2.53 bits per heavy atom. The van der Waals surface area contributed by atoms with Gasteiger partial charge in [-0.15, -0.1) is 0 Å². The van der Waals surface area contributed by atoms with E-state index in [1.54, 1.807) is 18.2 Å². The zero-order valence-electron chi connectivity index (χ0n) is 10.2. The third-order valence-electron chi connectivity index (χ3n) is 2.76. The van der Waals surface area contributed by atoms with Gasteiger partial charge in [0.1, 0.15) is 0 Å². The Balaban J connectivity index is 2.63. The molecule has 0 atom stereocenters. The number of halogens is 1. The summed E-state index contributed by atoms with van der Waals surface area (Å²) in [5, 5.41) is 0.444. The first-order chi connectivity index (χ1) is 8.06. The van der Waals surface area contributed by atoms with Gasteiger partial charge in [-0.1, -0.05) is 38.3 Å². The van der Waals surface area contributed by atoms with Crippen LogP contribution in [0.2, 0.25) is 5.02 Å². The third kappa shape index (κ3) is 4.27. The average Bonchev–Trinajstić information content (AvgIpc) is 2.28. The van der Waals surface area contributed by atoms with Gasteiger partial charge in [0.05, 0.1) is 12.2 Å². The monoisotopic (exact) mass is 255 g/mol. The van der Waals surface area contributed by atoms with Gasteiger partial charge in [-0.05, 0) is 24.1 Å². The molecule has 0 heterocycles. The molecule has 0 amide bonds. The van der Waals surface area contributed by atoms with Gasteiger partial charge in [-0.3, -0.25) is 0 Å². The van der Waals surface area contributed by atoms with Gasteiger partial charge in [0.15, 0.2) is 0 Å². The number of anilines is 1. The lowest BCUT2D eigenvalue weighted by atomic mass is 10.1. The van der Waals surface area contributed by atoms with E-state index in [4.69, 9.17) is 22.1 Å². The number of carbonyl (C=O) groups is 1. The lowest BCUT2D eigenvalue weighted by Crippen LogP contribution is -2.13. The molecule has 0 spiro atoms. The second kappa shape index (κ2) is 6.50. The quantitative estimate of drug-likeness (QED) is 0.647. The normalized spacial score (nSPS) is 10.6. The van der Waals surface area contributed by atoms with E-state index >= 15 is 0 Å². The van der Waals surface area contributed by atoms with Gasteiger partial charge in [-0.25, -0.2) is 4.79 Å². The zero-order valence-corrected chi connectivity index (χ0v) is 11.0. The van der Waals surface area contributed by atoms with Crippen LogP contribution >= 0.6 is 11.6 Å². The van der Waals surface area contributed by atoms with Crippen LogP contribution in [0, 0.1) is 5.92 Å². The van der Waals surface area contributed by atoms with Gasteiger partial charge in [0.2, 0.25) is 0 Å². The molecule has 0 aliphatic carbocycles. The molecule has 0 aliphatic rings. The fourth-order valence-corrected chi connectivity index (χ4v) is 1.77. The fraction of sp³-hybridized carbons (Fsp3) is 0.462. The van der Waals surface area contributed by atoms with E-state index in [9.17, 15) is 4.79 Å². The average molecular weight is 256 g/mol. The van der Waals surface area contributed by atoms with Crippen molar-refractivity contribution in [2.75, 3.05) is 12.3 Å². The van der Waals surface area contributed by atoms with Gasteiger partial charge >= 0.3 is 5.97 Å². The number of hydrogen-bond acceptors (Lipinski definition) is 3. The van der Waals surface area contributed by atoms with E-state index in [0.29, 0.717) is 28.8 Å². The number of nitrogen functional groups attached to an aromatic ring is 1. The van der Waals surface area contributed by atoms with Crippen molar-refractivity contribution in [3.63, 3.8) is 0 Å². The first kappa shape index (κ1) is 13.8. The summed E-state index contributed by atoms with van der Waals surface area (Å²) in [6.45, 7) is 4.61. The minimum atomic E-state index is -0.369. The fourth-order valence-electron chi connectivity index (χ4n) is 1.53. The van der Waals surface area contributed by atoms with Crippen LogP contribution in [0.4, 0.5) is 5.69 Å². The number of ether oxygens (including phenoxy) is 1. The number of nitrogens with two attached hydrogens (primary N) is 1. The molecule has 0 saturated heterocycles. The highest BCUT2D eigenvalue weighted by atomic mass is 35.5. The van der Waals surface area contributed by atoms with Gasteiger partial charge in [0, 0.05) is 10.7 Å². The maximum absolute atomic E-state index is 11.7. The van der Waals surface area contributed by atoms with Crippen LogP contribution in [0.3, 0.4) is 0 Å². The molecular weight excluding hydrogens is 238 g/mol. The maximum Gasteiger partial charge on any atom is 0.338 e. The van der Waals surface area contributed by atoms with Crippen LogP contribution in [0.5, 0.6) is 0 Å². The Kier molecular flexibility index (Phi) is 5.29. The smallest absolute Gasteiger partial charge is 0.338 e. The molecule has 94 valence electrons. The SMILES string of the molecule is CCC(CC)COC(=O)c1cc(N)cc(Cl)c1. The number of benzene rings is 1. The van der Waals surface area contributed by atoms with Crippen molar-refractivity contribution in [3.8, 4) is 0 Å². The molecule has 2 N–H and O–H groups in total. The minimum absolute atomic E-state index is 0.369. The Hall–Kier alpha value is -1.22. The second-order valence-electron chi connectivity index (χ2n) is 4.05. The summed E-state index contributed by atoms with van der Waals surface area (Å²) in [6, 6.07) is 4.73. The first-order valence-electron chi connectivity index (χ1n) is 5.80. The summed E-state index contributed by atoms with van der Waals surface area (Å²) < 4.78 is 5.23. The van der Waals surface area contributed by atoms with Crippen LogP contribution in [0.25, 0.3) is 0 Å². The summed E-state index contributed by atoms with van der Waals surface area (Å²) in [5.41, 5.74) is 6.48. The lowest BCUT2D eigenvalue weighted by Gasteiger charge is -2.12. The van der Waals surface area contributed by atoms with E-state index in [1.165, 1.54) is 0 Å². The highest BCUT2D eigenvalue weighted by Gasteiger charge is 2.11. The predicted molar refractivity (Wildman–Crippen MR) is 70.2 cm³/mol. The lowest BCUT2D eigenvalue weighted by molar-refractivity contribution is 0.0433. The number of hydrogen-bond donors (Lipinski definition) is 1. The number of rotatable bonds is 5. The van der Waals surface area contributed by atoms with Gasteiger partial charge < -0.3 is 10.5 Å². The summed E-state index contributed by atoms with van der Waals surface area (Å²) in [7, 11) is 0. The number of carbonyl (C=O) groups excluding carboxylic acids is 1. The van der Waals surface area contributed by atoms with E-state index in [-0.39, 0.29) is 5.97 Å². The summed E-state index contributed by atoms with van der Waals surface area (Å²) in [5.74, 6) is 0.0431. The largest absolute Gasteiger partial charge is 0.462 e. The number of esters is 1. The van der Waals surface area contributed by atoms with Crippen LogP contribution in [0.1, 0.15) is 37.0 Å². The Morgan fingerprint density at radius 2 is 2.00 bits per heavy atom. The standard InChI is InChI=1S/C13H18ClNO2/c1-3-9(4-2)8-17-13(16)10-5-11(14)7-12(15)6-10/h5-7,9H,3-4,8,15H2,1-2H3. The van der Waals surface area contributed by atoms with Crippen molar-refractivity contribution in [2.45, 2.75) is 26.7 Å². The summed E-state index contributed by atoms with van der Waals surface area (Å²) >= 11 is 5.82. The molecule has 0 fully saturated rings. The molecule has 17 heavy (non-hydrogen) atoms. The third-order valence-corrected chi connectivity index (χ3v) is 2.98. The molecule has 1 rings (SSSR count). The summed E-state index contributed by atoms with van der Waals surface area (Å²) in [4.78, 5) is 11.7. The molecule has 0 radical (unpaired) electrons. The molecule has 3 nitrogen and oxygen atoms in total. The molecule has 0 aromatic heterocycles. The van der Waals surface area contributed by atoms with E-state index in [0.717, 1.165) is 12.8 Å². The Labute approximate surface area is 107 Å². The second-order valence-corrected chi connectivity index (χ2v) is 4.49. The molecule has 0 unspecified atom stereocenters. The first-order valence-corrected chi connectivity index (χ1v) is 6.17. The van der Waals surface area contributed by atoms with E-state index in [1.807, 2.05) is 0 Å². The van der Waals surface area contributed by atoms with E-state index in [2.05, 4.69) is 13.8 Å². The molecule has 4 heteroatoms. The molecule has 0 bridgehead atoms. The van der Waals surface area contributed by atoms with Crippen LogP contribution in [-0.2, 0) is 4.74 Å². The van der Waals surface area contributed by atoms with Crippen molar-refractivity contribution in [3.05, 3.63) is 28.8 Å². The van der Waals surface area contributed by atoms with Crippen molar-refractivity contribution in [1.29, 1.82) is 0 Å². The topological polar surface area (TPSA) is 52.3 Å². The van der Waals surface area contributed by atoms with Crippen LogP contribution in [-0.4, -0.2) is 12.6 Å². The minimum Gasteiger partial charge on any atom is -0.462 e. The van der Waals surface area contributed by atoms with Crippen LogP contribution in [0.15, 0.2) is 18.2 Å². The highest BCUT2D eigenvalue weighted by Crippen LogP contribution is 2.18. The Morgan fingerprint density at radius 1 is 1.35 bits per heavy atom. The summed E-state index contributed by atoms with van der Waals surface area (Å²) in [6.07, 6.45) is 2.00. The maximum atomic E-state index is 11.7. The van der Waals surface area contributed by atoms with Gasteiger partial charge in [0.25, 0.3) is 0 Å².